The summed E-state index contributed by atoms with van der Waals surface area (Å²) < 4.78 is 13.3. The van der Waals surface area contributed by atoms with Crippen LogP contribution in [0.4, 0.5) is 10.1 Å². The van der Waals surface area contributed by atoms with Gasteiger partial charge in [-0.15, -0.1) is 0 Å². The van der Waals surface area contributed by atoms with E-state index in [4.69, 9.17) is 0 Å². The molecular formula is C24H27FN4O. The number of nitrogens with zero attached hydrogens (tertiary/aromatic N) is 4. The zero-order valence-corrected chi connectivity index (χ0v) is 17.8. The van der Waals surface area contributed by atoms with Crippen LogP contribution in [-0.4, -0.2) is 62.8 Å². The third-order valence-electron chi connectivity index (χ3n) is 4.90. The maximum atomic E-state index is 13.3. The van der Waals surface area contributed by atoms with Crippen molar-refractivity contribution in [2.45, 2.75) is 0 Å². The van der Waals surface area contributed by atoms with Crippen LogP contribution in [-0.2, 0) is 4.79 Å². The Bertz CT molecular complexity index is 993. The van der Waals surface area contributed by atoms with E-state index in [9.17, 15) is 9.18 Å². The van der Waals surface area contributed by atoms with Gasteiger partial charge in [-0.1, -0.05) is 30.3 Å². The van der Waals surface area contributed by atoms with Gasteiger partial charge in [0.05, 0.1) is 0 Å². The molecule has 2 aromatic carbocycles. The largest absolute Gasteiger partial charge is 0.373 e. The number of carbonyl (C=O) groups is 1. The van der Waals surface area contributed by atoms with E-state index in [1.54, 1.807) is 37.4 Å². The number of anilines is 1. The smallest absolute Gasteiger partial charge is 0.277 e. The van der Waals surface area contributed by atoms with Crippen LogP contribution >= 0.6 is 0 Å². The van der Waals surface area contributed by atoms with Crippen LogP contribution in [0.15, 0.2) is 65.3 Å². The number of hydrogen-bond donors (Lipinski definition) is 0. The van der Waals surface area contributed by atoms with Crippen molar-refractivity contribution in [2.24, 2.45) is 4.99 Å². The van der Waals surface area contributed by atoms with Gasteiger partial charge in [-0.2, -0.15) is 0 Å². The first-order valence-corrected chi connectivity index (χ1v) is 9.81. The summed E-state index contributed by atoms with van der Waals surface area (Å²) in [5, 5.41) is 0. The second-order valence-corrected chi connectivity index (χ2v) is 7.57. The zero-order chi connectivity index (χ0) is 21.7. The minimum absolute atomic E-state index is 0.166. The maximum absolute atomic E-state index is 13.3. The van der Waals surface area contributed by atoms with Gasteiger partial charge in [-0.25, -0.2) is 9.38 Å². The molecule has 5 nitrogen and oxygen atoms in total. The lowest BCUT2D eigenvalue weighted by Crippen LogP contribution is -2.28. The van der Waals surface area contributed by atoms with Crippen LogP contribution in [0.25, 0.3) is 12.2 Å². The molecule has 0 aliphatic carbocycles. The summed E-state index contributed by atoms with van der Waals surface area (Å²) >= 11 is 0. The third kappa shape index (κ3) is 5.42. The molecule has 1 aliphatic rings. The Morgan fingerprint density at radius 1 is 1.00 bits per heavy atom. The number of halogens is 1. The fourth-order valence-electron chi connectivity index (χ4n) is 3.01. The normalized spacial score (nSPS) is 15.5. The molecule has 3 rings (SSSR count). The Hall–Kier alpha value is -3.25. The second kappa shape index (κ2) is 9.50. The molecule has 0 saturated carbocycles. The van der Waals surface area contributed by atoms with Gasteiger partial charge in [0.1, 0.15) is 17.3 Å². The van der Waals surface area contributed by atoms with E-state index in [0.29, 0.717) is 17.1 Å². The molecule has 156 valence electrons. The fourth-order valence-corrected chi connectivity index (χ4v) is 3.01. The quantitative estimate of drug-likeness (QED) is 0.658. The average molecular weight is 407 g/mol. The molecule has 6 heteroatoms. The monoisotopic (exact) mass is 406 g/mol. The summed E-state index contributed by atoms with van der Waals surface area (Å²) in [6.07, 6.45) is 5.24. The highest BCUT2D eigenvalue weighted by Gasteiger charge is 2.25. The molecule has 30 heavy (non-hydrogen) atoms. The summed E-state index contributed by atoms with van der Waals surface area (Å²) in [7, 11) is 7.86. The summed E-state index contributed by atoms with van der Waals surface area (Å²) in [5.41, 5.74) is 3.13. The highest BCUT2D eigenvalue weighted by molar-refractivity contribution is 6.18. The van der Waals surface area contributed by atoms with Gasteiger partial charge in [0.15, 0.2) is 0 Å². The first kappa shape index (κ1) is 21.5. The molecule has 0 spiro atoms. The Labute approximate surface area is 177 Å². The van der Waals surface area contributed by atoms with E-state index in [2.05, 4.69) is 35.9 Å². The number of likely N-dealkylation sites (N-methyl/N-ethyl adjacent to an activating group) is 3. The summed E-state index contributed by atoms with van der Waals surface area (Å²) in [4.78, 5) is 22.8. The maximum Gasteiger partial charge on any atom is 0.277 e. The average Bonchev–Trinajstić information content (AvgIpc) is 2.99. The van der Waals surface area contributed by atoms with Crippen molar-refractivity contribution < 1.29 is 9.18 Å². The molecule has 1 amide bonds. The number of amidine groups is 1. The van der Waals surface area contributed by atoms with Gasteiger partial charge in [0.2, 0.25) is 0 Å². The molecule has 0 fully saturated rings. The molecule has 0 atom stereocenters. The van der Waals surface area contributed by atoms with E-state index in [-0.39, 0.29) is 11.7 Å². The first-order valence-electron chi connectivity index (χ1n) is 9.81. The van der Waals surface area contributed by atoms with Crippen LogP contribution in [0.5, 0.6) is 0 Å². The van der Waals surface area contributed by atoms with Crippen LogP contribution in [0.1, 0.15) is 11.1 Å². The van der Waals surface area contributed by atoms with Crippen molar-refractivity contribution >= 4 is 29.6 Å². The SMILES string of the molecule is CN(C)CCN(C)c1ccc(/C=C2N=C(/C=C/c3cccc(F)c3)N(C)C\2=O)cc1. The molecule has 1 heterocycles. The molecule has 0 N–H and O–H groups in total. The fraction of sp³-hybridized carbons (Fsp3) is 0.250. The molecule has 0 saturated heterocycles. The van der Waals surface area contributed by atoms with Crippen molar-refractivity contribution in [3.05, 3.63) is 77.2 Å². The Balaban J connectivity index is 1.73. The van der Waals surface area contributed by atoms with E-state index in [1.807, 2.05) is 24.3 Å². The summed E-state index contributed by atoms with van der Waals surface area (Å²) in [5.74, 6) is 0.0583. The Morgan fingerprint density at radius 2 is 1.73 bits per heavy atom. The van der Waals surface area contributed by atoms with Gasteiger partial charge in [-0.3, -0.25) is 9.69 Å². The predicted octanol–water partition coefficient (Wildman–Crippen LogP) is 3.75. The summed E-state index contributed by atoms with van der Waals surface area (Å²) in [6.45, 7) is 1.91. The molecule has 2 aromatic rings. The van der Waals surface area contributed by atoms with Crippen molar-refractivity contribution in [3.63, 3.8) is 0 Å². The minimum atomic E-state index is -0.300. The van der Waals surface area contributed by atoms with E-state index >= 15 is 0 Å². The van der Waals surface area contributed by atoms with Gasteiger partial charge in [0, 0.05) is 32.9 Å². The lowest BCUT2D eigenvalue weighted by molar-refractivity contribution is -0.121. The third-order valence-corrected chi connectivity index (χ3v) is 4.90. The number of hydrogen-bond acceptors (Lipinski definition) is 4. The number of carbonyl (C=O) groups excluding carboxylic acids is 1. The second-order valence-electron chi connectivity index (χ2n) is 7.57. The molecule has 0 unspecified atom stereocenters. The highest BCUT2D eigenvalue weighted by Crippen LogP contribution is 2.20. The van der Waals surface area contributed by atoms with E-state index in [0.717, 1.165) is 24.3 Å². The van der Waals surface area contributed by atoms with Gasteiger partial charge < -0.3 is 9.80 Å². The van der Waals surface area contributed by atoms with Gasteiger partial charge in [-0.05, 0) is 61.6 Å². The number of benzene rings is 2. The zero-order valence-electron chi connectivity index (χ0n) is 17.8. The molecule has 0 aromatic heterocycles. The van der Waals surface area contributed by atoms with Crippen molar-refractivity contribution in [2.75, 3.05) is 46.2 Å². The highest BCUT2D eigenvalue weighted by atomic mass is 19.1. The molecule has 0 radical (unpaired) electrons. The minimum Gasteiger partial charge on any atom is -0.373 e. The van der Waals surface area contributed by atoms with Gasteiger partial charge in [0.25, 0.3) is 5.91 Å². The van der Waals surface area contributed by atoms with E-state index < -0.39 is 0 Å². The van der Waals surface area contributed by atoms with Crippen LogP contribution < -0.4 is 4.90 Å². The van der Waals surface area contributed by atoms with Gasteiger partial charge >= 0.3 is 0 Å². The van der Waals surface area contributed by atoms with Crippen molar-refractivity contribution in [1.82, 2.24) is 9.80 Å². The number of aliphatic imine (C=N–C) groups is 1. The van der Waals surface area contributed by atoms with Crippen LogP contribution in [0.2, 0.25) is 0 Å². The predicted molar refractivity (Wildman–Crippen MR) is 122 cm³/mol. The van der Waals surface area contributed by atoms with Crippen molar-refractivity contribution in [3.8, 4) is 0 Å². The number of amides is 1. The Morgan fingerprint density at radius 3 is 2.40 bits per heavy atom. The molecular weight excluding hydrogens is 379 g/mol. The molecule has 1 aliphatic heterocycles. The lowest BCUT2D eigenvalue weighted by Gasteiger charge is -2.21. The first-order chi connectivity index (χ1) is 14.3. The topological polar surface area (TPSA) is 39.1 Å². The number of rotatable bonds is 7. The van der Waals surface area contributed by atoms with Crippen LogP contribution in [0.3, 0.4) is 0 Å². The Kier molecular flexibility index (Phi) is 6.79. The standard InChI is InChI=1S/C24H27FN4O/c1-27(2)14-15-28(3)21-11-8-19(9-12-21)17-22-24(30)29(4)23(26-22)13-10-18-6-5-7-20(25)16-18/h5-13,16-17H,14-15H2,1-4H3/b13-10+,22-17-. The lowest BCUT2D eigenvalue weighted by atomic mass is 10.1. The van der Waals surface area contributed by atoms with Crippen LogP contribution in [0, 0.1) is 5.82 Å². The van der Waals surface area contributed by atoms with E-state index in [1.165, 1.54) is 17.0 Å². The van der Waals surface area contributed by atoms with Crippen molar-refractivity contribution in [1.29, 1.82) is 0 Å². The molecule has 0 bridgehead atoms. The summed E-state index contributed by atoms with van der Waals surface area (Å²) in [6, 6.07) is 14.3.